The van der Waals surface area contributed by atoms with Gasteiger partial charge in [-0.25, -0.2) is 0 Å². The lowest BCUT2D eigenvalue weighted by Gasteiger charge is -2.40. The summed E-state index contributed by atoms with van der Waals surface area (Å²) in [6.45, 7) is 20.2. The molecule has 25 heavy (non-hydrogen) atoms. The minimum atomic E-state index is -1.89. The van der Waals surface area contributed by atoms with Gasteiger partial charge in [-0.3, -0.25) is 0 Å². The van der Waals surface area contributed by atoms with Crippen molar-refractivity contribution in [3.8, 4) is 11.5 Å². The number of rotatable bonds is 4. The van der Waals surface area contributed by atoms with Crippen LogP contribution < -0.4 is 9.16 Å². The van der Waals surface area contributed by atoms with Crippen molar-refractivity contribution in [3.05, 3.63) is 22.3 Å². The highest BCUT2D eigenvalue weighted by Gasteiger charge is 2.41. The normalized spacial score (nSPS) is 20.9. The lowest BCUT2D eigenvalue weighted by molar-refractivity contribution is 0.0378. The molecule has 1 atom stereocenters. The zero-order valence-electron chi connectivity index (χ0n) is 17.6. The molecule has 0 spiro atoms. The molecule has 0 aliphatic carbocycles. The molecular formula is C21H36O3Si. The van der Waals surface area contributed by atoms with Gasteiger partial charge in [-0.15, -0.1) is 0 Å². The van der Waals surface area contributed by atoms with Gasteiger partial charge in [0.2, 0.25) is 0 Å². The Labute approximate surface area is 154 Å². The Morgan fingerprint density at radius 3 is 2.24 bits per heavy atom. The lowest BCUT2D eigenvalue weighted by Crippen LogP contribution is -2.44. The second-order valence-corrected chi connectivity index (χ2v) is 14.1. The fraction of sp³-hybridized carbons (Fsp3) is 0.714. The highest BCUT2D eigenvalue weighted by atomic mass is 28.4. The van der Waals surface area contributed by atoms with Crippen molar-refractivity contribution in [2.45, 2.75) is 91.5 Å². The van der Waals surface area contributed by atoms with Gasteiger partial charge in [0.25, 0.3) is 8.32 Å². The second-order valence-electron chi connectivity index (χ2n) is 9.40. The first kappa shape index (κ1) is 20.3. The molecule has 0 radical (unpaired) electrons. The summed E-state index contributed by atoms with van der Waals surface area (Å²) >= 11 is 0. The van der Waals surface area contributed by atoms with E-state index >= 15 is 0 Å². The number of fused-ring (bicyclic) bond motifs is 1. The quantitative estimate of drug-likeness (QED) is 0.721. The Kier molecular flexibility index (Phi) is 5.38. The molecule has 0 amide bonds. The summed E-state index contributed by atoms with van der Waals surface area (Å²) in [6.07, 6.45) is 2.59. The maximum absolute atomic E-state index is 9.36. The van der Waals surface area contributed by atoms with E-state index < -0.39 is 8.32 Å². The van der Waals surface area contributed by atoms with E-state index in [0.717, 1.165) is 24.3 Å². The summed E-state index contributed by atoms with van der Waals surface area (Å²) < 4.78 is 13.1. The van der Waals surface area contributed by atoms with Crippen LogP contribution in [-0.4, -0.2) is 25.6 Å². The summed E-state index contributed by atoms with van der Waals surface area (Å²) in [5.41, 5.74) is 4.61. The minimum Gasteiger partial charge on any atom is -0.543 e. The SMILES string of the molecule is Cc1c(C)c2c(c(C)c1O[Si](C)(C)C(C)(C)C)CCC(C)(CCO)O2. The molecule has 1 aliphatic rings. The first-order chi connectivity index (χ1) is 11.3. The zero-order valence-corrected chi connectivity index (χ0v) is 18.6. The van der Waals surface area contributed by atoms with Crippen molar-refractivity contribution in [2.75, 3.05) is 6.61 Å². The lowest BCUT2D eigenvalue weighted by atomic mass is 9.86. The molecular weight excluding hydrogens is 328 g/mol. The predicted molar refractivity (Wildman–Crippen MR) is 108 cm³/mol. The molecule has 1 aliphatic heterocycles. The zero-order chi connectivity index (χ0) is 19.2. The molecule has 2 rings (SSSR count). The average molecular weight is 365 g/mol. The smallest absolute Gasteiger partial charge is 0.250 e. The molecule has 1 aromatic rings. The molecule has 142 valence electrons. The van der Waals surface area contributed by atoms with Gasteiger partial charge in [0, 0.05) is 18.6 Å². The van der Waals surface area contributed by atoms with E-state index in [1.165, 1.54) is 22.3 Å². The van der Waals surface area contributed by atoms with Gasteiger partial charge in [0.05, 0.1) is 0 Å². The second kappa shape index (κ2) is 6.62. The third-order valence-corrected chi connectivity index (χ3v) is 10.7. The highest BCUT2D eigenvalue weighted by Crippen LogP contribution is 2.46. The van der Waals surface area contributed by atoms with Crippen molar-refractivity contribution in [3.63, 3.8) is 0 Å². The van der Waals surface area contributed by atoms with Crippen molar-refractivity contribution in [1.82, 2.24) is 0 Å². The molecule has 1 N–H and O–H groups in total. The molecule has 1 heterocycles. The van der Waals surface area contributed by atoms with Crippen LogP contribution in [0.1, 0.15) is 62.8 Å². The molecule has 0 aromatic heterocycles. The Morgan fingerprint density at radius 1 is 1.12 bits per heavy atom. The van der Waals surface area contributed by atoms with E-state index in [0.29, 0.717) is 6.42 Å². The van der Waals surface area contributed by atoms with Gasteiger partial charge in [-0.1, -0.05) is 20.8 Å². The monoisotopic (exact) mass is 364 g/mol. The molecule has 0 fully saturated rings. The molecule has 0 saturated carbocycles. The highest BCUT2D eigenvalue weighted by molar-refractivity contribution is 6.74. The fourth-order valence-corrected chi connectivity index (χ4v) is 4.38. The Morgan fingerprint density at radius 2 is 1.72 bits per heavy atom. The predicted octanol–water partition coefficient (Wildman–Crippen LogP) is 5.46. The number of ether oxygens (including phenoxy) is 1. The Bertz CT molecular complexity index is 658. The number of benzene rings is 1. The first-order valence-electron chi connectivity index (χ1n) is 9.44. The maximum Gasteiger partial charge on any atom is 0.250 e. The van der Waals surface area contributed by atoms with Gasteiger partial charge in [0.1, 0.15) is 17.1 Å². The van der Waals surface area contributed by atoms with Gasteiger partial charge in [-0.2, -0.15) is 0 Å². The largest absolute Gasteiger partial charge is 0.543 e. The van der Waals surface area contributed by atoms with Crippen LogP contribution in [0.15, 0.2) is 0 Å². The van der Waals surface area contributed by atoms with Crippen LogP contribution >= 0.6 is 0 Å². The third kappa shape index (κ3) is 3.75. The van der Waals surface area contributed by atoms with E-state index in [1.54, 1.807) is 0 Å². The van der Waals surface area contributed by atoms with Crippen molar-refractivity contribution >= 4 is 8.32 Å². The van der Waals surface area contributed by atoms with Gasteiger partial charge in [0.15, 0.2) is 0 Å². The fourth-order valence-electron chi connectivity index (χ4n) is 3.26. The molecule has 4 heteroatoms. The third-order valence-electron chi connectivity index (χ3n) is 6.37. The van der Waals surface area contributed by atoms with Gasteiger partial charge >= 0.3 is 0 Å². The van der Waals surface area contributed by atoms with Crippen LogP contribution in [0.5, 0.6) is 11.5 Å². The van der Waals surface area contributed by atoms with Crippen molar-refractivity contribution in [2.24, 2.45) is 0 Å². The van der Waals surface area contributed by atoms with E-state index in [-0.39, 0.29) is 17.2 Å². The van der Waals surface area contributed by atoms with Crippen LogP contribution in [-0.2, 0) is 6.42 Å². The maximum atomic E-state index is 9.36. The van der Waals surface area contributed by atoms with Crippen LogP contribution in [0, 0.1) is 20.8 Å². The molecule has 0 bridgehead atoms. The molecule has 3 nitrogen and oxygen atoms in total. The standard InChI is InChI=1S/C21H36O3Si/c1-14-15(2)19-17(10-11-21(7,23-19)12-13-22)16(3)18(14)24-25(8,9)20(4,5)6/h22H,10-13H2,1-9H3. The van der Waals surface area contributed by atoms with E-state index in [4.69, 9.17) is 9.16 Å². The van der Waals surface area contributed by atoms with Gasteiger partial charge < -0.3 is 14.3 Å². The Balaban J connectivity index is 2.50. The van der Waals surface area contributed by atoms with E-state index in [9.17, 15) is 5.11 Å². The summed E-state index contributed by atoms with van der Waals surface area (Å²) in [5.74, 6) is 2.08. The van der Waals surface area contributed by atoms with Crippen molar-refractivity contribution in [1.29, 1.82) is 0 Å². The Hall–Kier alpha value is -1.00. The minimum absolute atomic E-state index is 0.162. The van der Waals surface area contributed by atoms with Crippen LogP contribution in [0.2, 0.25) is 18.1 Å². The molecule has 0 saturated heterocycles. The summed E-state index contributed by atoms with van der Waals surface area (Å²) in [7, 11) is -1.89. The number of hydrogen-bond acceptors (Lipinski definition) is 3. The number of hydrogen-bond donors (Lipinski definition) is 1. The average Bonchev–Trinajstić information content (AvgIpc) is 2.48. The van der Waals surface area contributed by atoms with E-state index in [1.807, 2.05) is 0 Å². The molecule has 1 aromatic carbocycles. The van der Waals surface area contributed by atoms with Crippen LogP contribution in [0.25, 0.3) is 0 Å². The van der Waals surface area contributed by atoms with Crippen LogP contribution in [0.4, 0.5) is 0 Å². The molecule has 1 unspecified atom stereocenters. The first-order valence-corrected chi connectivity index (χ1v) is 12.4. The number of aliphatic hydroxyl groups is 1. The number of aliphatic hydroxyl groups excluding tert-OH is 1. The summed E-state index contributed by atoms with van der Waals surface area (Å²) in [4.78, 5) is 0. The van der Waals surface area contributed by atoms with Gasteiger partial charge in [-0.05, 0) is 75.4 Å². The summed E-state index contributed by atoms with van der Waals surface area (Å²) in [6, 6.07) is 0. The van der Waals surface area contributed by atoms with Crippen molar-refractivity contribution < 1.29 is 14.3 Å². The van der Waals surface area contributed by atoms with E-state index in [2.05, 4.69) is 61.6 Å². The topological polar surface area (TPSA) is 38.7 Å². The summed E-state index contributed by atoms with van der Waals surface area (Å²) in [5, 5.41) is 9.54. The van der Waals surface area contributed by atoms with Crippen LogP contribution in [0.3, 0.4) is 0 Å².